The Balaban J connectivity index is 2.55. The maximum absolute atomic E-state index is 11.4. The molecular formula is C21H36O5. The van der Waals surface area contributed by atoms with E-state index in [1.165, 1.54) is 31.8 Å². The van der Waals surface area contributed by atoms with Gasteiger partial charge >= 0.3 is 5.97 Å². The van der Waals surface area contributed by atoms with Crippen molar-refractivity contribution in [2.45, 2.75) is 83.0 Å². The highest BCUT2D eigenvalue weighted by Crippen LogP contribution is 2.35. The van der Waals surface area contributed by atoms with Gasteiger partial charge in [-0.3, -0.25) is 0 Å². The number of esters is 1. The second-order valence-corrected chi connectivity index (χ2v) is 7.01. The zero-order chi connectivity index (χ0) is 21.2. The Morgan fingerprint density at radius 1 is 1.31 bits per heavy atom. The summed E-state index contributed by atoms with van der Waals surface area (Å²) in [6.45, 7) is 2.20. The first-order valence-corrected chi connectivity index (χ1v) is 9.69. The Bertz CT molecular complexity index is 531. The molecule has 1 aliphatic rings. The molecule has 0 amide bonds. The molecule has 1 rings (SSSR count). The zero-order valence-electron chi connectivity index (χ0n) is 18.1. The minimum absolute atomic E-state index is 0.433. The van der Waals surface area contributed by atoms with E-state index >= 15 is 0 Å². The third kappa shape index (κ3) is 7.60. The van der Waals surface area contributed by atoms with Gasteiger partial charge in [-0.2, -0.15) is 0 Å². The number of aliphatic hydroxyl groups is 3. The van der Waals surface area contributed by atoms with E-state index in [0.29, 0.717) is 18.3 Å². The van der Waals surface area contributed by atoms with Crippen LogP contribution in [0.4, 0.5) is 0 Å². The van der Waals surface area contributed by atoms with Gasteiger partial charge in [0, 0.05) is 1.37 Å². The standard InChI is InChI=1S/C21H36O5/c1-3-4-5-6-7-8-12-17-14-11-15-18(17)13-9-10-16-19(22)21(24,25)20(23)26-2/h8-10,12,17-19,22,24-25H,3-7,11,13-16H2,1-2H3/b10-9-,12-8+/t17-,18-,19?/m0/s1/i16D,19D/t16?,17-,18-,19?. The van der Waals surface area contributed by atoms with Gasteiger partial charge in [0.1, 0.15) is 6.08 Å². The second-order valence-electron chi connectivity index (χ2n) is 7.01. The summed E-state index contributed by atoms with van der Waals surface area (Å²) in [6.07, 6.45) is 12.8. The Hall–Kier alpha value is -1.17. The molecule has 0 aromatic carbocycles. The van der Waals surface area contributed by atoms with Crippen LogP contribution in [-0.4, -0.2) is 40.3 Å². The highest BCUT2D eigenvalue weighted by Gasteiger charge is 2.42. The number of carbonyl (C=O) groups excluding carboxylic acids is 1. The van der Waals surface area contributed by atoms with Gasteiger partial charge in [0.2, 0.25) is 0 Å². The van der Waals surface area contributed by atoms with Crippen LogP contribution in [0.25, 0.3) is 0 Å². The average molecular weight is 371 g/mol. The lowest BCUT2D eigenvalue weighted by Gasteiger charge is -2.23. The molecule has 2 unspecified atom stereocenters. The number of carbonyl (C=O) groups is 1. The van der Waals surface area contributed by atoms with E-state index in [1.807, 2.05) is 0 Å². The Kier molecular flexibility index (Phi) is 9.24. The largest absolute Gasteiger partial charge is 0.465 e. The number of ether oxygens (including phenoxy) is 1. The molecule has 1 fully saturated rings. The summed E-state index contributed by atoms with van der Waals surface area (Å²) < 4.78 is 19.7. The van der Waals surface area contributed by atoms with Gasteiger partial charge in [0.25, 0.3) is 5.79 Å². The van der Waals surface area contributed by atoms with Crippen LogP contribution >= 0.6 is 0 Å². The molecule has 0 bridgehead atoms. The molecular weight excluding hydrogens is 332 g/mol. The first kappa shape index (κ1) is 19.6. The van der Waals surface area contributed by atoms with Crippen molar-refractivity contribution in [1.82, 2.24) is 0 Å². The summed E-state index contributed by atoms with van der Waals surface area (Å²) in [4.78, 5) is 11.4. The molecule has 0 aliphatic heterocycles. The zero-order valence-corrected chi connectivity index (χ0v) is 16.1. The third-order valence-corrected chi connectivity index (χ3v) is 4.98. The quantitative estimate of drug-likeness (QED) is 0.212. The summed E-state index contributed by atoms with van der Waals surface area (Å²) in [5.74, 6) is -4.13. The lowest BCUT2D eigenvalue weighted by molar-refractivity contribution is -0.238. The fourth-order valence-corrected chi connectivity index (χ4v) is 3.35. The van der Waals surface area contributed by atoms with Crippen molar-refractivity contribution in [3.8, 4) is 0 Å². The minimum atomic E-state index is -3.48. The van der Waals surface area contributed by atoms with Crippen LogP contribution in [-0.2, 0) is 9.53 Å². The first-order valence-electron chi connectivity index (χ1n) is 10.8. The summed E-state index contributed by atoms with van der Waals surface area (Å²) >= 11 is 0. The maximum atomic E-state index is 11.4. The highest BCUT2D eigenvalue weighted by atomic mass is 16.6. The molecule has 0 spiro atoms. The molecule has 5 nitrogen and oxygen atoms in total. The molecule has 26 heavy (non-hydrogen) atoms. The smallest absolute Gasteiger partial charge is 0.369 e. The minimum Gasteiger partial charge on any atom is -0.465 e. The van der Waals surface area contributed by atoms with Crippen LogP contribution in [0, 0.1) is 11.8 Å². The van der Waals surface area contributed by atoms with Crippen LogP contribution < -0.4 is 0 Å². The number of allylic oxidation sites excluding steroid dienone is 3. The van der Waals surface area contributed by atoms with Crippen molar-refractivity contribution < 1.29 is 27.6 Å². The van der Waals surface area contributed by atoms with Crippen LogP contribution in [0.15, 0.2) is 24.3 Å². The van der Waals surface area contributed by atoms with Crippen LogP contribution in [0.1, 0.15) is 73.8 Å². The van der Waals surface area contributed by atoms with Gasteiger partial charge in [-0.25, -0.2) is 4.79 Å². The van der Waals surface area contributed by atoms with Crippen molar-refractivity contribution in [2.75, 3.05) is 7.11 Å². The topological polar surface area (TPSA) is 87.0 Å². The van der Waals surface area contributed by atoms with Gasteiger partial charge in [-0.15, -0.1) is 0 Å². The predicted molar refractivity (Wildman–Crippen MR) is 102 cm³/mol. The normalized spacial score (nSPS) is 25.9. The third-order valence-electron chi connectivity index (χ3n) is 4.98. The molecule has 150 valence electrons. The van der Waals surface area contributed by atoms with E-state index in [-0.39, 0.29) is 0 Å². The van der Waals surface area contributed by atoms with Gasteiger partial charge in [0.05, 0.1) is 8.48 Å². The van der Waals surface area contributed by atoms with E-state index in [0.717, 1.165) is 32.8 Å². The number of hydrogen-bond acceptors (Lipinski definition) is 5. The van der Waals surface area contributed by atoms with Crippen molar-refractivity contribution in [3.05, 3.63) is 24.3 Å². The van der Waals surface area contributed by atoms with E-state index in [9.17, 15) is 20.1 Å². The number of unbranched alkanes of at least 4 members (excludes halogenated alkanes) is 4. The van der Waals surface area contributed by atoms with E-state index < -0.39 is 24.2 Å². The maximum Gasteiger partial charge on any atom is 0.369 e. The summed E-state index contributed by atoms with van der Waals surface area (Å²) in [6, 6.07) is 0. The molecule has 0 heterocycles. The van der Waals surface area contributed by atoms with Gasteiger partial charge < -0.3 is 20.1 Å². The van der Waals surface area contributed by atoms with Gasteiger partial charge in [-0.1, -0.05) is 56.9 Å². The molecule has 0 saturated heterocycles. The number of methoxy groups -OCH3 is 1. The van der Waals surface area contributed by atoms with Gasteiger partial charge in [0.15, 0.2) is 0 Å². The number of rotatable bonds is 12. The first-order chi connectivity index (χ1) is 13.2. The van der Waals surface area contributed by atoms with Crippen LogP contribution in [0.3, 0.4) is 0 Å². The summed E-state index contributed by atoms with van der Waals surface area (Å²) in [7, 11) is 0.909. The summed E-state index contributed by atoms with van der Waals surface area (Å²) in [5.41, 5.74) is 0. The van der Waals surface area contributed by atoms with E-state index in [4.69, 9.17) is 2.74 Å². The number of hydrogen-bond donors (Lipinski definition) is 3. The molecule has 0 aromatic heterocycles. The van der Waals surface area contributed by atoms with Crippen molar-refractivity contribution in [1.29, 1.82) is 0 Å². The molecule has 0 radical (unpaired) electrons. The van der Waals surface area contributed by atoms with E-state index in [1.54, 1.807) is 6.08 Å². The SMILES string of the molecule is [2H]C(/C=C\C[C@H]1CCC[C@@H]1/C=C/CCCCCC)C([2H])(O)C(O)(O)C(=O)OC. The van der Waals surface area contributed by atoms with E-state index in [2.05, 4.69) is 23.8 Å². The molecule has 1 aliphatic carbocycles. The molecule has 5 heteroatoms. The Morgan fingerprint density at radius 3 is 2.77 bits per heavy atom. The monoisotopic (exact) mass is 370 g/mol. The second kappa shape index (κ2) is 12.3. The molecule has 0 aromatic rings. The summed E-state index contributed by atoms with van der Waals surface area (Å²) in [5, 5.41) is 29.4. The fraction of sp³-hybridized carbons (Fsp3) is 0.762. The highest BCUT2D eigenvalue weighted by molar-refractivity contribution is 5.77. The van der Waals surface area contributed by atoms with Crippen LogP contribution in [0.2, 0.25) is 0 Å². The Morgan fingerprint density at radius 2 is 2.08 bits per heavy atom. The molecule has 4 atom stereocenters. The predicted octanol–water partition coefficient (Wildman–Crippen LogP) is 3.48. The fourth-order valence-electron chi connectivity index (χ4n) is 3.35. The Labute approximate surface area is 160 Å². The van der Waals surface area contributed by atoms with Crippen LogP contribution in [0.5, 0.6) is 0 Å². The lowest BCUT2D eigenvalue weighted by atomic mass is 9.91. The molecule has 3 N–H and O–H groups in total. The molecule has 1 saturated carbocycles. The van der Waals surface area contributed by atoms with Crippen molar-refractivity contribution >= 4 is 5.97 Å². The average Bonchev–Trinajstić information content (AvgIpc) is 3.10. The lowest BCUT2D eigenvalue weighted by Crippen LogP contribution is -2.50. The van der Waals surface area contributed by atoms with Crippen molar-refractivity contribution in [2.24, 2.45) is 11.8 Å². The van der Waals surface area contributed by atoms with Crippen molar-refractivity contribution in [3.63, 3.8) is 0 Å². The van der Waals surface area contributed by atoms with Gasteiger partial charge in [-0.05, 0) is 50.3 Å².